The summed E-state index contributed by atoms with van der Waals surface area (Å²) < 4.78 is 0. The van der Waals surface area contributed by atoms with Crippen LogP contribution in [0.3, 0.4) is 0 Å². The average Bonchev–Trinajstić information content (AvgIpc) is 3.16. The van der Waals surface area contributed by atoms with E-state index < -0.39 is 5.97 Å². The third-order valence-electron chi connectivity index (χ3n) is 4.32. The van der Waals surface area contributed by atoms with Crippen molar-refractivity contribution in [3.8, 4) is 21.1 Å². The van der Waals surface area contributed by atoms with Crippen molar-refractivity contribution in [3.05, 3.63) is 59.7 Å². The van der Waals surface area contributed by atoms with Crippen LogP contribution in [-0.2, 0) is 6.42 Å². The van der Waals surface area contributed by atoms with Gasteiger partial charge in [0.15, 0.2) is 0 Å². The Labute approximate surface area is 157 Å². The Hall–Kier alpha value is -2.53. The van der Waals surface area contributed by atoms with Crippen LogP contribution in [0.15, 0.2) is 48.5 Å². The van der Waals surface area contributed by atoms with Crippen LogP contribution in [0.1, 0.15) is 48.5 Å². The minimum atomic E-state index is -0.927. The zero-order chi connectivity index (χ0) is 18.4. The predicted molar refractivity (Wildman–Crippen MR) is 106 cm³/mol. The molecule has 3 rings (SSSR count). The van der Waals surface area contributed by atoms with Gasteiger partial charge in [0.2, 0.25) is 0 Å². The van der Waals surface area contributed by atoms with Crippen molar-refractivity contribution in [1.82, 2.24) is 10.2 Å². The number of aromatic nitrogens is 2. The van der Waals surface area contributed by atoms with Gasteiger partial charge >= 0.3 is 5.97 Å². The lowest BCUT2D eigenvalue weighted by molar-refractivity contribution is 0.0697. The second-order valence-corrected chi connectivity index (χ2v) is 7.28. The summed E-state index contributed by atoms with van der Waals surface area (Å²) in [7, 11) is 0. The van der Waals surface area contributed by atoms with E-state index in [1.807, 2.05) is 0 Å². The van der Waals surface area contributed by atoms with E-state index in [-0.39, 0.29) is 5.56 Å². The summed E-state index contributed by atoms with van der Waals surface area (Å²) in [6.45, 7) is 2.23. The van der Waals surface area contributed by atoms with Crippen LogP contribution < -0.4 is 0 Å². The Balaban J connectivity index is 1.68. The number of hydrogen-bond donors (Lipinski definition) is 1. The molecule has 3 aromatic rings. The number of nitrogens with zero attached hydrogens (tertiary/aromatic N) is 2. The van der Waals surface area contributed by atoms with Gasteiger partial charge < -0.3 is 5.11 Å². The molecule has 5 heteroatoms. The number of hydrogen-bond acceptors (Lipinski definition) is 4. The second-order valence-electron chi connectivity index (χ2n) is 6.30. The quantitative estimate of drug-likeness (QED) is 0.520. The fraction of sp³-hybridized carbons (Fsp3) is 0.286. The van der Waals surface area contributed by atoms with Crippen molar-refractivity contribution in [2.75, 3.05) is 0 Å². The van der Waals surface area contributed by atoms with E-state index in [1.165, 1.54) is 42.6 Å². The molecular formula is C21H22N2O2S. The molecule has 0 aliphatic rings. The van der Waals surface area contributed by atoms with Crippen LogP contribution in [0.2, 0.25) is 0 Å². The molecule has 0 aliphatic carbocycles. The maximum atomic E-state index is 10.9. The molecule has 1 aromatic heterocycles. The molecule has 4 nitrogen and oxygen atoms in total. The van der Waals surface area contributed by atoms with Gasteiger partial charge in [-0.25, -0.2) is 4.79 Å². The predicted octanol–water partition coefficient (Wildman–Crippen LogP) is 5.69. The molecule has 2 aromatic carbocycles. The smallest absolute Gasteiger partial charge is 0.335 e. The Kier molecular flexibility index (Phi) is 6.12. The molecule has 0 fully saturated rings. The van der Waals surface area contributed by atoms with Crippen molar-refractivity contribution in [1.29, 1.82) is 0 Å². The highest BCUT2D eigenvalue weighted by molar-refractivity contribution is 7.17. The molecule has 0 aliphatic heterocycles. The highest BCUT2D eigenvalue weighted by atomic mass is 32.1. The second kappa shape index (κ2) is 8.72. The number of carbonyl (C=O) groups is 1. The number of aromatic carboxylic acids is 1. The van der Waals surface area contributed by atoms with E-state index in [9.17, 15) is 4.79 Å². The number of unbranched alkanes of at least 4 members (excludes halogenated alkanes) is 3. The van der Waals surface area contributed by atoms with E-state index in [1.54, 1.807) is 24.3 Å². The molecule has 0 saturated heterocycles. The summed E-state index contributed by atoms with van der Waals surface area (Å²) in [5, 5.41) is 19.2. The van der Waals surface area contributed by atoms with E-state index in [0.717, 1.165) is 27.6 Å². The highest BCUT2D eigenvalue weighted by Crippen LogP contribution is 2.30. The van der Waals surface area contributed by atoms with Crippen LogP contribution in [0, 0.1) is 0 Å². The molecule has 26 heavy (non-hydrogen) atoms. The van der Waals surface area contributed by atoms with Crippen LogP contribution >= 0.6 is 11.3 Å². The van der Waals surface area contributed by atoms with Crippen LogP contribution in [0.4, 0.5) is 0 Å². The first kappa shape index (κ1) is 18.3. The molecule has 0 atom stereocenters. The van der Waals surface area contributed by atoms with E-state index in [0.29, 0.717) is 0 Å². The first-order chi connectivity index (χ1) is 12.7. The minimum absolute atomic E-state index is 0.271. The Morgan fingerprint density at radius 1 is 0.885 bits per heavy atom. The minimum Gasteiger partial charge on any atom is -0.478 e. The maximum absolute atomic E-state index is 10.9. The fourth-order valence-electron chi connectivity index (χ4n) is 2.78. The number of aryl methyl sites for hydroxylation is 1. The van der Waals surface area contributed by atoms with Crippen molar-refractivity contribution in [3.63, 3.8) is 0 Å². The molecule has 134 valence electrons. The van der Waals surface area contributed by atoms with Gasteiger partial charge in [-0.05, 0) is 30.5 Å². The molecule has 0 amide bonds. The van der Waals surface area contributed by atoms with Crippen molar-refractivity contribution >= 4 is 17.3 Å². The van der Waals surface area contributed by atoms with Gasteiger partial charge in [0.05, 0.1) is 5.56 Å². The largest absolute Gasteiger partial charge is 0.478 e. The number of rotatable bonds is 8. The molecule has 0 saturated carbocycles. The van der Waals surface area contributed by atoms with Gasteiger partial charge in [0, 0.05) is 11.1 Å². The van der Waals surface area contributed by atoms with Gasteiger partial charge in [-0.2, -0.15) is 0 Å². The molecular weight excluding hydrogens is 344 g/mol. The summed E-state index contributed by atoms with van der Waals surface area (Å²) in [5.41, 5.74) is 3.58. The number of carboxylic acids is 1. The Morgan fingerprint density at radius 3 is 2.00 bits per heavy atom. The monoisotopic (exact) mass is 366 g/mol. The zero-order valence-electron chi connectivity index (χ0n) is 14.8. The summed E-state index contributed by atoms with van der Waals surface area (Å²) in [6.07, 6.45) is 6.22. The Bertz CT molecular complexity index is 854. The van der Waals surface area contributed by atoms with Gasteiger partial charge in [0.1, 0.15) is 10.0 Å². The van der Waals surface area contributed by atoms with E-state index in [4.69, 9.17) is 5.11 Å². The van der Waals surface area contributed by atoms with Gasteiger partial charge in [-0.1, -0.05) is 73.9 Å². The molecule has 0 bridgehead atoms. The molecule has 1 heterocycles. The topological polar surface area (TPSA) is 63.1 Å². The maximum Gasteiger partial charge on any atom is 0.335 e. The van der Waals surface area contributed by atoms with Crippen LogP contribution in [-0.4, -0.2) is 21.3 Å². The molecule has 0 unspecified atom stereocenters. The fourth-order valence-corrected chi connectivity index (χ4v) is 3.64. The normalized spacial score (nSPS) is 10.8. The lowest BCUT2D eigenvalue weighted by atomic mass is 10.0. The molecule has 0 radical (unpaired) electrons. The molecule has 0 spiro atoms. The van der Waals surface area contributed by atoms with Crippen LogP contribution in [0.5, 0.6) is 0 Å². The van der Waals surface area contributed by atoms with Crippen molar-refractivity contribution in [2.24, 2.45) is 0 Å². The van der Waals surface area contributed by atoms with Crippen molar-refractivity contribution < 1.29 is 9.90 Å². The first-order valence-electron chi connectivity index (χ1n) is 8.94. The van der Waals surface area contributed by atoms with E-state index >= 15 is 0 Å². The molecule has 1 N–H and O–H groups in total. The average molecular weight is 366 g/mol. The van der Waals surface area contributed by atoms with Gasteiger partial charge in [-0.15, -0.1) is 10.2 Å². The summed E-state index contributed by atoms with van der Waals surface area (Å²) >= 11 is 1.51. The van der Waals surface area contributed by atoms with Crippen molar-refractivity contribution in [2.45, 2.75) is 39.0 Å². The first-order valence-corrected chi connectivity index (χ1v) is 9.75. The third kappa shape index (κ3) is 4.55. The summed E-state index contributed by atoms with van der Waals surface area (Å²) in [6, 6.07) is 15.3. The van der Waals surface area contributed by atoms with E-state index in [2.05, 4.69) is 41.4 Å². The number of benzene rings is 2. The Morgan fingerprint density at radius 2 is 1.46 bits per heavy atom. The summed E-state index contributed by atoms with van der Waals surface area (Å²) in [4.78, 5) is 10.9. The number of carboxylic acid groups (broad SMARTS) is 1. The zero-order valence-corrected chi connectivity index (χ0v) is 15.6. The standard InChI is InChI=1S/C21H22N2O2S/c1-2-3-4-5-6-15-7-9-16(10-8-15)19-22-23-20(26-19)17-11-13-18(14-12-17)21(24)25/h7-14H,2-6H2,1H3,(H,24,25). The summed E-state index contributed by atoms with van der Waals surface area (Å²) in [5.74, 6) is -0.927. The highest BCUT2D eigenvalue weighted by Gasteiger charge is 2.10. The lowest BCUT2D eigenvalue weighted by Gasteiger charge is -2.02. The lowest BCUT2D eigenvalue weighted by Crippen LogP contribution is -1.94. The van der Waals surface area contributed by atoms with Gasteiger partial charge in [-0.3, -0.25) is 0 Å². The third-order valence-corrected chi connectivity index (χ3v) is 5.35. The SMILES string of the molecule is CCCCCCc1ccc(-c2nnc(-c3ccc(C(=O)O)cc3)s2)cc1. The van der Waals surface area contributed by atoms with Crippen LogP contribution in [0.25, 0.3) is 21.1 Å². The van der Waals surface area contributed by atoms with Gasteiger partial charge in [0.25, 0.3) is 0 Å².